The number of likely N-dealkylation sites (N-methyl/N-ethyl adjacent to an activating group) is 1. The van der Waals surface area contributed by atoms with E-state index in [1.54, 1.807) is 7.05 Å². The van der Waals surface area contributed by atoms with Gasteiger partial charge in [0.2, 0.25) is 15.9 Å². The third-order valence-electron chi connectivity index (χ3n) is 3.28. The topological polar surface area (TPSA) is 121 Å². The maximum atomic E-state index is 12.6. The van der Waals surface area contributed by atoms with Gasteiger partial charge in [0.1, 0.15) is 0 Å². The summed E-state index contributed by atoms with van der Waals surface area (Å²) in [6.45, 7) is 0.0495. The van der Waals surface area contributed by atoms with Crippen LogP contribution >= 0.6 is 0 Å². The number of nitrogens with two attached hydrogens (primary N) is 1. The summed E-state index contributed by atoms with van der Waals surface area (Å²) in [4.78, 5) is 23.9. The van der Waals surface area contributed by atoms with Gasteiger partial charge in [0.05, 0.1) is 17.0 Å². The maximum Gasteiger partial charge on any atom is 0.337 e. The minimum absolute atomic E-state index is 0.110. The number of nitrogens with zero attached hydrogens (tertiary/aromatic N) is 2. The molecule has 1 fully saturated rings. The Kier molecular flexibility index (Phi) is 3.88. The van der Waals surface area contributed by atoms with E-state index in [2.05, 4.69) is 0 Å². The highest BCUT2D eigenvalue weighted by Gasteiger charge is 2.34. The van der Waals surface area contributed by atoms with Crippen LogP contribution < -0.4 is 5.73 Å². The third kappa shape index (κ3) is 2.83. The van der Waals surface area contributed by atoms with E-state index in [1.807, 2.05) is 0 Å². The second-order valence-corrected chi connectivity index (χ2v) is 6.62. The van der Waals surface area contributed by atoms with Crippen LogP contribution in [0.3, 0.4) is 0 Å². The molecule has 1 aromatic carbocycles. The first kappa shape index (κ1) is 15.3. The molecule has 0 aromatic heterocycles. The lowest BCUT2D eigenvalue weighted by molar-refractivity contribution is -0.132. The van der Waals surface area contributed by atoms with E-state index in [-0.39, 0.29) is 36.8 Å². The van der Waals surface area contributed by atoms with Crippen LogP contribution in [0.5, 0.6) is 0 Å². The molecule has 0 radical (unpaired) electrons. The number of carboxylic acids is 1. The van der Waals surface area contributed by atoms with Gasteiger partial charge >= 0.3 is 5.97 Å². The lowest BCUT2D eigenvalue weighted by Gasteiger charge is -2.31. The number of carbonyl (C=O) groups is 2. The first-order chi connectivity index (χ1) is 9.73. The average molecular weight is 313 g/mol. The normalized spacial score (nSPS) is 17.0. The van der Waals surface area contributed by atoms with Crippen molar-refractivity contribution in [2.75, 3.05) is 32.4 Å². The van der Waals surface area contributed by atoms with E-state index < -0.39 is 20.9 Å². The van der Waals surface area contributed by atoms with E-state index in [4.69, 9.17) is 10.8 Å². The van der Waals surface area contributed by atoms with Crippen molar-refractivity contribution in [2.24, 2.45) is 0 Å². The molecule has 3 N–H and O–H groups in total. The molecule has 0 spiro atoms. The largest absolute Gasteiger partial charge is 0.478 e. The third-order valence-corrected chi connectivity index (χ3v) is 5.16. The number of amides is 1. The molecule has 1 amide bonds. The van der Waals surface area contributed by atoms with E-state index in [9.17, 15) is 18.0 Å². The van der Waals surface area contributed by atoms with Crippen molar-refractivity contribution >= 4 is 27.6 Å². The monoisotopic (exact) mass is 313 g/mol. The van der Waals surface area contributed by atoms with E-state index in [0.717, 1.165) is 16.4 Å². The molecule has 0 unspecified atom stereocenters. The van der Waals surface area contributed by atoms with Crippen LogP contribution in [0.1, 0.15) is 10.4 Å². The average Bonchev–Trinajstić information content (AvgIpc) is 2.41. The van der Waals surface area contributed by atoms with Crippen LogP contribution in [-0.2, 0) is 14.8 Å². The summed E-state index contributed by atoms with van der Waals surface area (Å²) in [6.07, 6.45) is 0. The fourth-order valence-electron chi connectivity index (χ4n) is 2.01. The first-order valence-corrected chi connectivity index (χ1v) is 7.54. The zero-order valence-electron chi connectivity index (χ0n) is 11.3. The fourth-order valence-corrected chi connectivity index (χ4v) is 3.61. The molecule has 1 aromatic rings. The van der Waals surface area contributed by atoms with E-state index in [0.29, 0.717) is 0 Å². The molecule has 1 aliphatic heterocycles. The highest BCUT2D eigenvalue weighted by molar-refractivity contribution is 7.89. The zero-order chi connectivity index (χ0) is 15.8. The first-order valence-electron chi connectivity index (χ1n) is 6.10. The lowest BCUT2D eigenvalue weighted by atomic mass is 10.2. The number of sulfonamides is 1. The number of aromatic carboxylic acids is 1. The van der Waals surface area contributed by atoms with Crippen LogP contribution in [-0.4, -0.2) is 61.3 Å². The SMILES string of the molecule is CN1CCN(S(=O)(=O)c2cc(N)ccc2C(=O)O)CC1=O. The lowest BCUT2D eigenvalue weighted by Crippen LogP contribution is -2.50. The molecular weight excluding hydrogens is 298 g/mol. The summed E-state index contributed by atoms with van der Waals surface area (Å²) >= 11 is 0. The minimum Gasteiger partial charge on any atom is -0.478 e. The maximum absolute atomic E-state index is 12.6. The minimum atomic E-state index is -4.09. The van der Waals surface area contributed by atoms with E-state index >= 15 is 0 Å². The molecule has 0 bridgehead atoms. The van der Waals surface area contributed by atoms with Crippen LogP contribution in [0.2, 0.25) is 0 Å². The highest BCUT2D eigenvalue weighted by atomic mass is 32.2. The number of anilines is 1. The van der Waals surface area contributed by atoms with Gasteiger partial charge in [-0.15, -0.1) is 0 Å². The summed E-state index contributed by atoms with van der Waals surface area (Å²) < 4.78 is 26.1. The molecule has 21 heavy (non-hydrogen) atoms. The zero-order valence-corrected chi connectivity index (χ0v) is 12.1. The Morgan fingerprint density at radius 3 is 2.57 bits per heavy atom. The van der Waals surface area contributed by atoms with Crippen molar-refractivity contribution in [1.29, 1.82) is 0 Å². The molecule has 1 aliphatic rings. The Morgan fingerprint density at radius 1 is 1.33 bits per heavy atom. The second-order valence-electron chi connectivity index (χ2n) is 4.71. The standard InChI is InChI=1S/C12H15N3O5S/c1-14-4-5-15(7-11(14)16)21(19,20)10-6-8(13)2-3-9(10)12(17)18/h2-3,6H,4-5,7,13H2,1H3,(H,17,18). The van der Waals surface area contributed by atoms with Crippen molar-refractivity contribution in [3.8, 4) is 0 Å². The Hall–Kier alpha value is -2.13. The quantitative estimate of drug-likeness (QED) is 0.721. The molecule has 0 aliphatic carbocycles. The van der Waals surface area contributed by atoms with Crippen LogP contribution in [0.15, 0.2) is 23.1 Å². The number of hydrogen-bond acceptors (Lipinski definition) is 5. The van der Waals surface area contributed by atoms with Crippen molar-refractivity contribution < 1.29 is 23.1 Å². The smallest absolute Gasteiger partial charge is 0.337 e. The molecule has 1 heterocycles. The van der Waals surface area contributed by atoms with Crippen molar-refractivity contribution in [3.63, 3.8) is 0 Å². The van der Waals surface area contributed by atoms with Gasteiger partial charge in [-0.1, -0.05) is 0 Å². The predicted octanol–water partition coefficient (Wildman–Crippen LogP) is -0.570. The van der Waals surface area contributed by atoms with Gasteiger partial charge in [-0.25, -0.2) is 13.2 Å². The number of hydrogen-bond donors (Lipinski definition) is 2. The summed E-state index contributed by atoms with van der Waals surface area (Å²) in [5, 5.41) is 9.11. The fraction of sp³-hybridized carbons (Fsp3) is 0.333. The second kappa shape index (κ2) is 5.34. The summed E-state index contributed by atoms with van der Waals surface area (Å²) in [5.41, 5.74) is 5.32. The highest BCUT2D eigenvalue weighted by Crippen LogP contribution is 2.24. The Bertz CT molecular complexity index is 701. The summed E-state index contributed by atoms with van der Waals surface area (Å²) in [5.74, 6) is -1.71. The van der Waals surface area contributed by atoms with Gasteiger partial charge in [0, 0.05) is 25.8 Å². The van der Waals surface area contributed by atoms with E-state index in [1.165, 1.54) is 11.0 Å². The summed E-state index contributed by atoms with van der Waals surface area (Å²) in [6, 6.07) is 3.56. The molecule has 8 nitrogen and oxygen atoms in total. The van der Waals surface area contributed by atoms with Gasteiger partial charge in [0.25, 0.3) is 0 Å². The number of carboxylic acid groups (broad SMARTS) is 1. The number of carbonyl (C=O) groups excluding carboxylic acids is 1. The van der Waals surface area contributed by atoms with Crippen LogP contribution in [0.4, 0.5) is 5.69 Å². The van der Waals surface area contributed by atoms with Gasteiger partial charge < -0.3 is 15.7 Å². The van der Waals surface area contributed by atoms with Gasteiger partial charge in [-0.2, -0.15) is 4.31 Å². The molecule has 1 saturated heterocycles. The molecule has 2 rings (SSSR count). The predicted molar refractivity (Wildman–Crippen MR) is 74.2 cm³/mol. The van der Waals surface area contributed by atoms with Gasteiger partial charge in [-0.05, 0) is 18.2 Å². The molecule has 0 atom stereocenters. The Labute approximate surface area is 121 Å². The number of benzene rings is 1. The molecule has 9 heteroatoms. The number of nitrogen functional groups attached to an aromatic ring is 1. The summed E-state index contributed by atoms with van der Waals surface area (Å²) in [7, 11) is -2.51. The molecule has 114 valence electrons. The van der Waals surface area contributed by atoms with Crippen LogP contribution in [0, 0.1) is 0 Å². The van der Waals surface area contributed by atoms with Crippen molar-refractivity contribution in [3.05, 3.63) is 23.8 Å². The Balaban J connectivity index is 2.47. The number of piperazine rings is 1. The van der Waals surface area contributed by atoms with Crippen molar-refractivity contribution in [1.82, 2.24) is 9.21 Å². The van der Waals surface area contributed by atoms with Gasteiger partial charge in [-0.3, -0.25) is 4.79 Å². The van der Waals surface area contributed by atoms with Crippen molar-refractivity contribution in [2.45, 2.75) is 4.90 Å². The molecular formula is C12H15N3O5S. The Morgan fingerprint density at radius 2 is 2.00 bits per heavy atom. The molecule has 0 saturated carbocycles. The van der Waals surface area contributed by atoms with Gasteiger partial charge in [0.15, 0.2) is 0 Å². The number of rotatable bonds is 3. The van der Waals surface area contributed by atoms with Crippen LogP contribution in [0.25, 0.3) is 0 Å².